The number of aliphatic imine (C=N–C) groups is 1. The fourth-order valence-electron chi connectivity index (χ4n) is 3.02. The van der Waals surface area contributed by atoms with Crippen LogP contribution in [0.15, 0.2) is 59.6 Å². The fourth-order valence-corrected chi connectivity index (χ4v) is 3.02. The number of ketones is 1. The number of benzene rings is 1. The third-order valence-electron chi connectivity index (χ3n) is 4.12. The molecule has 26 heavy (non-hydrogen) atoms. The standard InChI is InChI=1S/C19H16N4O3/c1-12(24)26-16-6-2-5-14-18(16)22-17(23-9-8-21-19(14)23)10-15(25)13-4-3-7-20-11-13/h2-7,10-11,22H,8-9H2,1H3/b17-10+. The van der Waals surface area contributed by atoms with Gasteiger partial charge in [0.1, 0.15) is 11.7 Å². The van der Waals surface area contributed by atoms with Gasteiger partial charge < -0.3 is 15.0 Å². The number of amidine groups is 1. The van der Waals surface area contributed by atoms with Gasteiger partial charge in [0, 0.05) is 43.1 Å². The van der Waals surface area contributed by atoms with Gasteiger partial charge in [-0.05, 0) is 24.3 Å². The average molecular weight is 348 g/mol. The van der Waals surface area contributed by atoms with Gasteiger partial charge in [-0.2, -0.15) is 0 Å². The van der Waals surface area contributed by atoms with Crippen LogP contribution in [0.25, 0.3) is 0 Å². The predicted molar refractivity (Wildman–Crippen MR) is 96.1 cm³/mol. The first-order chi connectivity index (χ1) is 12.6. The number of esters is 1. The average Bonchev–Trinajstić information content (AvgIpc) is 3.13. The Hall–Kier alpha value is -3.48. The number of nitrogens with zero attached hydrogens (tertiary/aromatic N) is 3. The minimum atomic E-state index is -0.409. The van der Waals surface area contributed by atoms with Crippen molar-refractivity contribution in [3.8, 4) is 5.75 Å². The van der Waals surface area contributed by atoms with E-state index >= 15 is 0 Å². The molecule has 0 radical (unpaired) electrons. The second-order valence-corrected chi connectivity index (χ2v) is 5.89. The van der Waals surface area contributed by atoms with Crippen LogP contribution in [0.3, 0.4) is 0 Å². The number of anilines is 1. The van der Waals surface area contributed by atoms with E-state index in [0.717, 1.165) is 11.4 Å². The zero-order valence-electron chi connectivity index (χ0n) is 14.1. The molecule has 7 heteroatoms. The molecule has 1 aromatic heterocycles. The molecule has 0 amide bonds. The van der Waals surface area contributed by atoms with E-state index in [1.165, 1.54) is 19.2 Å². The quantitative estimate of drug-likeness (QED) is 0.396. The minimum absolute atomic E-state index is 0.166. The van der Waals surface area contributed by atoms with Gasteiger partial charge in [0.05, 0.1) is 12.2 Å². The lowest BCUT2D eigenvalue weighted by Crippen LogP contribution is -2.36. The van der Waals surface area contributed by atoms with Crippen LogP contribution >= 0.6 is 0 Å². The maximum absolute atomic E-state index is 12.6. The van der Waals surface area contributed by atoms with Gasteiger partial charge in [0.15, 0.2) is 11.5 Å². The summed E-state index contributed by atoms with van der Waals surface area (Å²) in [5.41, 5.74) is 1.97. The maximum Gasteiger partial charge on any atom is 0.308 e. The summed E-state index contributed by atoms with van der Waals surface area (Å²) in [6.45, 7) is 2.66. The minimum Gasteiger partial charge on any atom is -0.424 e. The van der Waals surface area contributed by atoms with E-state index in [1.54, 1.807) is 24.4 Å². The number of allylic oxidation sites excluding steroid dienone is 1. The molecule has 0 unspecified atom stereocenters. The number of ether oxygens (including phenoxy) is 1. The Bertz CT molecular complexity index is 951. The molecule has 0 aliphatic carbocycles. The molecule has 2 aromatic rings. The van der Waals surface area contributed by atoms with Crippen molar-refractivity contribution in [1.82, 2.24) is 9.88 Å². The summed E-state index contributed by atoms with van der Waals surface area (Å²) in [5.74, 6) is 1.19. The van der Waals surface area contributed by atoms with Gasteiger partial charge in [-0.25, -0.2) is 0 Å². The Labute approximate surface area is 150 Å². The molecule has 4 rings (SSSR count). The van der Waals surface area contributed by atoms with E-state index in [9.17, 15) is 9.59 Å². The molecule has 7 nitrogen and oxygen atoms in total. The molecule has 1 aromatic carbocycles. The number of nitrogens with one attached hydrogen (secondary N) is 1. The number of carbonyl (C=O) groups excluding carboxylic acids is 2. The van der Waals surface area contributed by atoms with Gasteiger partial charge in [-0.1, -0.05) is 6.07 Å². The van der Waals surface area contributed by atoms with Crippen LogP contribution in [0.1, 0.15) is 22.8 Å². The predicted octanol–water partition coefficient (Wildman–Crippen LogP) is 2.22. The molecule has 0 bridgehead atoms. The monoisotopic (exact) mass is 348 g/mol. The zero-order chi connectivity index (χ0) is 18.1. The number of fused-ring (bicyclic) bond motifs is 3. The number of carbonyl (C=O) groups is 2. The molecular weight excluding hydrogens is 332 g/mol. The number of pyridine rings is 1. The summed E-state index contributed by atoms with van der Waals surface area (Å²) in [6.07, 6.45) is 4.67. The SMILES string of the molecule is CC(=O)Oc1cccc2c1N/C(=C\C(=O)c1cccnc1)N1CCN=C21. The van der Waals surface area contributed by atoms with Crippen LogP contribution in [0.2, 0.25) is 0 Å². The first-order valence-corrected chi connectivity index (χ1v) is 8.20. The first-order valence-electron chi connectivity index (χ1n) is 8.20. The lowest BCUT2D eigenvalue weighted by Gasteiger charge is -2.32. The Morgan fingerprint density at radius 3 is 2.92 bits per heavy atom. The largest absolute Gasteiger partial charge is 0.424 e. The second-order valence-electron chi connectivity index (χ2n) is 5.89. The van der Waals surface area contributed by atoms with Crippen molar-refractivity contribution < 1.29 is 14.3 Å². The van der Waals surface area contributed by atoms with E-state index in [-0.39, 0.29) is 5.78 Å². The summed E-state index contributed by atoms with van der Waals surface area (Å²) >= 11 is 0. The van der Waals surface area contributed by atoms with Crippen LogP contribution in [0, 0.1) is 0 Å². The van der Waals surface area contributed by atoms with Crippen molar-refractivity contribution in [2.24, 2.45) is 4.99 Å². The molecule has 0 atom stereocenters. The molecule has 2 aliphatic rings. The van der Waals surface area contributed by atoms with Crippen LogP contribution < -0.4 is 10.1 Å². The Morgan fingerprint density at radius 2 is 2.15 bits per heavy atom. The van der Waals surface area contributed by atoms with Crippen molar-refractivity contribution >= 4 is 23.3 Å². The van der Waals surface area contributed by atoms with E-state index in [0.29, 0.717) is 35.9 Å². The molecule has 0 saturated carbocycles. The van der Waals surface area contributed by atoms with Gasteiger partial charge in [-0.3, -0.25) is 19.6 Å². The molecule has 3 heterocycles. The van der Waals surface area contributed by atoms with Crippen LogP contribution in [0.5, 0.6) is 5.75 Å². The molecular formula is C19H16N4O3. The van der Waals surface area contributed by atoms with E-state index in [4.69, 9.17) is 4.74 Å². The third-order valence-corrected chi connectivity index (χ3v) is 4.12. The van der Waals surface area contributed by atoms with Crippen molar-refractivity contribution in [2.75, 3.05) is 18.4 Å². The Kier molecular flexibility index (Phi) is 3.96. The zero-order valence-corrected chi connectivity index (χ0v) is 14.1. The number of para-hydroxylation sites is 1. The maximum atomic E-state index is 12.6. The van der Waals surface area contributed by atoms with Crippen molar-refractivity contribution in [2.45, 2.75) is 6.92 Å². The lowest BCUT2D eigenvalue weighted by molar-refractivity contribution is -0.131. The highest BCUT2D eigenvalue weighted by atomic mass is 16.5. The van der Waals surface area contributed by atoms with E-state index < -0.39 is 5.97 Å². The van der Waals surface area contributed by atoms with Crippen molar-refractivity contribution in [3.05, 3.63) is 65.7 Å². The fraction of sp³-hybridized carbons (Fsp3) is 0.158. The Balaban J connectivity index is 1.76. The van der Waals surface area contributed by atoms with E-state index in [1.807, 2.05) is 17.0 Å². The number of aromatic nitrogens is 1. The van der Waals surface area contributed by atoms with Gasteiger partial charge in [0.2, 0.25) is 0 Å². The summed E-state index contributed by atoms with van der Waals surface area (Å²) < 4.78 is 5.30. The summed E-state index contributed by atoms with van der Waals surface area (Å²) in [4.78, 5) is 34.5. The highest BCUT2D eigenvalue weighted by Gasteiger charge is 2.31. The number of hydrogen-bond donors (Lipinski definition) is 1. The van der Waals surface area contributed by atoms with Crippen LogP contribution in [0.4, 0.5) is 5.69 Å². The molecule has 130 valence electrons. The Morgan fingerprint density at radius 1 is 1.27 bits per heavy atom. The number of hydrogen-bond acceptors (Lipinski definition) is 7. The van der Waals surface area contributed by atoms with Crippen LogP contribution in [-0.4, -0.2) is 40.6 Å². The van der Waals surface area contributed by atoms with Crippen molar-refractivity contribution in [1.29, 1.82) is 0 Å². The van der Waals surface area contributed by atoms with Gasteiger partial charge in [-0.15, -0.1) is 0 Å². The lowest BCUT2D eigenvalue weighted by atomic mass is 10.1. The molecule has 0 fully saturated rings. The summed E-state index contributed by atoms with van der Waals surface area (Å²) in [5, 5.41) is 3.23. The summed E-state index contributed by atoms with van der Waals surface area (Å²) in [7, 11) is 0. The molecule has 1 N–H and O–H groups in total. The van der Waals surface area contributed by atoms with Gasteiger partial charge in [0.25, 0.3) is 0 Å². The normalized spacial score (nSPS) is 16.4. The van der Waals surface area contributed by atoms with E-state index in [2.05, 4.69) is 15.3 Å². The smallest absolute Gasteiger partial charge is 0.308 e. The highest BCUT2D eigenvalue weighted by molar-refractivity contribution is 6.11. The third kappa shape index (κ3) is 2.83. The highest BCUT2D eigenvalue weighted by Crippen LogP contribution is 2.37. The van der Waals surface area contributed by atoms with Gasteiger partial charge >= 0.3 is 5.97 Å². The molecule has 0 saturated heterocycles. The van der Waals surface area contributed by atoms with Crippen molar-refractivity contribution in [3.63, 3.8) is 0 Å². The number of rotatable bonds is 3. The van der Waals surface area contributed by atoms with Crippen LogP contribution in [-0.2, 0) is 4.79 Å². The summed E-state index contributed by atoms with van der Waals surface area (Å²) in [6, 6.07) is 8.86. The topological polar surface area (TPSA) is 83.9 Å². The molecule has 0 spiro atoms. The molecule has 2 aliphatic heterocycles. The first kappa shape index (κ1) is 16.0. The second kappa shape index (κ2) is 6.44.